The number of carboxylic acids is 1. The summed E-state index contributed by atoms with van der Waals surface area (Å²) in [4.78, 5) is 13.2. The average Bonchev–Trinajstić information content (AvgIpc) is 2.41. The molecular weight excluding hydrogens is 192 g/mol. The number of likely N-dealkylation sites (tertiary alicyclic amines) is 1. The van der Waals surface area contributed by atoms with Crippen LogP contribution in [0.2, 0.25) is 0 Å². The molecule has 0 aliphatic carbocycles. The quantitative estimate of drug-likeness (QED) is 0.734. The number of hydrogen-bond acceptors (Lipinski definition) is 3. The Kier molecular flexibility index (Phi) is 3.41. The van der Waals surface area contributed by atoms with Gasteiger partial charge < -0.3 is 10.8 Å². The van der Waals surface area contributed by atoms with Crippen LogP contribution in [-0.2, 0) is 4.79 Å². The monoisotopic (exact) mass is 214 g/mol. The summed E-state index contributed by atoms with van der Waals surface area (Å²) in [5.41, 5.74) is 4.80. The first kappa shape index (κ1) is 12.5. The van der Waals surface area contributed by atoms with Crippen LogP contribution in [0, 0.1) is 0 Å². The molecule has 4 nitrogen and oxygen atoms in total. The molecule has 0 radical (unpaired) electrons. The summed E-state index contributed by atoms with van der Waals surface area (Å²) in [7, 11) is 0. The van der Waals surface area contributed by atoms with Crippen LogP contribution in [0.25, 0.3) is 0 Å². The maximum Gasteiger partial charge on any atom is 0.323 e. The van der Waals surface area contributed by atoms with Crippen molar-refractivity contribution in [2.45, 2.75) is 51.1 Å². The second-order valence-corrected chi connectivity index (χ2v) is 5.38. The fourth-order valence-corrected chi connectivity index (χ4v) is 2.05. The second-order valence-electron chi connectivity index (χ2n) is 5.38. The predicted molar refractivity (Wildman–Crippen MR) is 59.7 cm³/mol. The van der Waals surface area contributed by atoms with Gasteiger partial charge in [-0.25, -0.2) is 0 Å². The highest BCUT2D eigenvalue weighted by atomic mass is 16.4. The summed E-state index contributed by atoms with van der Waals surface area (Å²) in [6.07, 6.45) is 2.88. The van der Waals surface area contributed by atoms with Gasteiger partial charge in [0.2, 0.25) is 0 Å². The molecule has 1 aliphatic rings. The number of carbonyl (C=O) groups is 1. The van der Waals surface area contributed by atoms with E-state index in [9.17, 15) is 4.79 Å². The third-order valence-electron chi connectivity index (χ3n) is 3.46. The van der Waals surface area contributed by atoms with E-state index in [2.05, 4.69) is 18.7 Å². The van der Waals surface area contributed by atoms with Crippen molar-refractivity contribution in [3.63, 3.8) is 0 Å². The van der Waals surface area contributed by atoms with E-state index in [0.29, 0.717) is 6.42 Å². The van der Waals surface area contributed by atoms with Gasteiger partial charge in [0.1, 0.15) is 5.54 Å². The van der Waals surface area contributed by atoms with Gasteiger partial charge in [0.25, 0.3) is 0 Å². The largest absolute Gasteiger partial charge is 0.480 e. The predicted octanol–water partition coefficient (Wildman–Crippen LogP) is 1.05. The van der Waals surface area contributed by atoms with E-state index in [-0.39, 0.29) is 5.54 Å². The van der Waals surface area contributed by atoms with Crippen LogP contribution >= 0.6 is 0 Å². The summed E-state index contributed by atoms with van der Waals surface area (Å²) < 4.78 is 0. The SMILES string of the molecule is CC(N)(CCN1CCCC1(C)C)C(=O)O. The van der Waals surface area contributed by atoms with Gasteiger partial charge in [-0.15, -0.1) is 0 Å². The molecule has 0 aromatic rings. The van der Waals surface area contributed by atoms with Gasteiger partial charge in [0, 0.05) is 12.1 Å². The summed E-state index contributed by atoms with van der Waals surface area (Å²) in [6, 6.07) is 0. The molecule has 15 heavy (non-hydrogen) atoms. The maximum atomic E-state index is 10.8. The van der Waals surface area contributed by atoms with Crippen LogP contribution in [0.1, 0.15) is 40.0 Å². The van der Waals surface area contributed by atoms with Crippen molar-refractivity contribution in [3.8, 4) is 0 Å². The van der Waals surface area contributed by atoms with Crippen molar-refractivity contribution in [3.05, 3.63) is 0 Å². The fourth-order valence-electron chi connectivity index (χ4n) is 2.05. The molecule has 4 heteroatoms. The Balaban J connectivity index is 2.47. The van der Waals surface area contributed by atoms with Crippen molar-refractivity contribution in [2.75, 3.05) is 13.1 Å². The Bertz CT molecular complexity index is 249. The summed E-state index contributed by atoms with van der Waals surface area (Å²) >= 11 is 0. The molecule has 1 rings (SSSR count). The van der Waals surface area contributed by atoms with Gasteiger partial charge in [0.15, 0.2) is 0 Å². The van der Waals surface area contributed by atoms with E-state index >= 15 is 0 Å². The van der Waals surface area contributed by atoms with Crippen molar-refractivity contribution in [2.24, 2.45) is 5.73 Å². The zero-order valence-electron chi connectivity index (χ0n) is 9.92. The normalized spacial score (nSPS) is 25.1. The molecule has 0 aromatic carbocycles. The van der Waals surface area contributed by atoms with Crippen LogP contribution in [0.5, 0.6) is 0 Å². The first-order valence-electron chi connectivity index (χ1n) is 5.53. The lowest BCUT2D eigenvalue weighted by Gasteiger charge is -2.33. The Hall–Kier alpha value is -0.610. The van der Waals surface area contributed by atoms with Crippen LogP contribution in [0.15, 0.2) is 0 Å². The molecule has 88 valence electrons. The number of nitrogens with two attached hydrogens (primary N) is 1. The highest BCUT2D eigenvalue weighted by Gasteiger charge is 2.34. The first-order chi connectivity index (χ1) is 6.76. The molecule has 0 amide bonds. The minimum atomic E-state index is -1.10. The van der Waals surface area contributed by atoms with Crippen LogP contribution in [0.3, 0.4) is 0 Å². The molecular formula is C11H22N2O2. The van der Waals surface area contributed by atoms with Crippen LogP contribution in [-0.4, -0.2) is 40.1 Å². The number of rotatable bonds is 4. The second kappa shape index (κ2) is 4.10. The van der Waals surface area contributed by atoms with E-state index < -0.39 is 11.5 Å². The smallest absolute Gasteiger partial charge is 0.323 e. The number of aliphatic carboxylic acids is 1. The molecule has 1 aliphatic heterocycles. The summed E-state index contributed by atoms with van der Waals surface area (Å²) in [5, 5.41) is 8.90. The highest BCUT2D eigenvalue weighted by molar-refractivity contribution is 5.77. The topological polar surface area (TPSA) is 66.6 Å². The molecule has 3 N–H and O–H groups in total. The molecule has 0 spiro atoms. The molecule has 1 heterocycles. The van der Waals surface area contributed by atoms with Crippen LogP contribution in [0.4, 0.5) is 0 Å². The maximum absolute atomic E-state index is 10.8. The Morgan fingerprint density at radius 3 is 2.60 bits per heavy atom. The molecule has 1 atom stereocenters. The highest BCUT2D eigenvalue weighted by Crippen LogP contribution is 2.28. The number of hydrogen-bond donors (Lipinski definition) is 2. The summed E-state index contributed by atoms with van der Waals surface area (Å²) in [5.74, 6) is -0.917. The van der Waals surface area contributed by atoms with E-state index in [1.165, 1.54) is 12.8 Å². The Morgan fingerprint density at radius 2 is 2.20 bits per heavy atom. The minimum Gasteiger partial charge on any atom is -0.480 e. The standard InChI is InChI=1S/C11H22N2O2/c1-10(2)5-4-7-13(10)8-6-11(3,12)9(14)15/h4-8,12H2,1-3H3,(H,14,15). The summed E-state index contributed by atoms with van der Waals surface area (Å²) in [6.45, 7) is 7.82. The fraction of sp³-hybridized carbons (Fsp3) is 0.909. The van der Waals surface area contributed by atoms with Gasteiger partial charge >= 0.3 is 5.97 Å². The van der Waals surface area contributed by atoms with Crippen molar-refractivity contribution < 1.29 is 9.90 Å². The molecule has 0 bridgehead atoms. The van der Waals surface area contributed by atoms with Crippen LogP contribution < -0.4 is 5.73 Å². The molecule has 1 saturated heterocycles. The van der Waals surface area contributed by atoms with Gasteiger partial charge in [-0.1, -0.05) is 0 Å². The minimum absolute atomic E-state index is 0.203. The average molecular weight is 214 g/mol. The lowest BCUT2D eigenvalue weighted by Crippen LogP contribution is -2.49. The van der Waals surface area contributed by atoms with Gasteiger partial charge in [0.05, 0.1) is 0 Å². The Morgan fingerprint density at radius 1 is 1.60 bits per heavy atom. The molecule has 1 fully saturated rings. The zero-order chi connectivity index (χ0) is 11.7. The number of nitrogens with zero attached hydrogens (tertiary/aromatic N) is 1. The van der Waals surface area contributed by atoms with E-state index in [0.717, 1.165) is 13.1 Å². The molecule has 1 unspecified atom stereocenters. The number of carboxylic acid groups (broad SMARTS) is 1. The lowest BCUT2D eigenvalue weighted by molar-refractivity contribution is -0.143. The lowest BCUT2D eigenvalue weighted by atomic mass is 9.97. The van der Waals surface area contributed by atoms with Crippen molar-refractivity contribution in [1.82, 2.24) is 4.90 Å². The molecule has 0 saturated carbocycles. The van der Waals surface area contributed by atoms with Gasteiger partial charge in [-0.05, 0) is 46.6 Å². The van der Waals surface area contributed by atoms with Gasteiger partial charge in [-0.2, -0.15) is 0 Å². The van der Waals surface area contributed by atoms with Crippen molar-refractivity contribution >= 4 is 5.97 Å². The van der Waals surface area contributed by atoms with Gasteiger partial charge in [-0.3, -0.25) is 9.69 Å². The van der Waals surface area contributed by atoms with Crippen molar-refractivity contribution in [1.29, 1.82) is 0 Å². The zero-order valence-corrected chi connectivity index (χ0v) is 9.92. The Labute approximate surface area is 91.4 Å². The van der Waals surface area contributed by atoms with E-state index in [1.54, 1.807) is 6.92 Å². The molecule has 0 aromatic heterocycles. The third kappa shape index (κ3) is 2.92. The van der Waals surface area contributed by atoms with E-state index in [4.69, 9.17) is 10.8 Å². The van der Waals surface area contributed by atoms with E-state index in [1.807, 2.05) is 0 Å². The first-order valence-corrected chi connectivity index (χ1v) is 5.53. The third-order valence-corrected chi connectivity index (χ3v) is 3.46.